The molecule has 57 heavy (non-hydrogen) atoms. The molecule has 0 fully saturated rings. The second-order valence-electron chi connectivity index (χ2n) is 15.1. The number of allylic oxidation sites excluding steroid dienone is 3. The molecule has 2 aliphatic heterocycles. The van der Waals surface area contributed by atoms with Gasteiger partial charge in [-0.05, 0) is 76.4 Å². The molecular formula is C51H36N4OS. The average molecular weight is 753 g/mol. The van der Waals surface area contributed by atoms with E-state index in [1.54, 1.807) is 0 Å². The first-order chi connectivity index (χ1) is 28.2. The zero-order chi connectivity index (χ0) is 37.5. The van der Waals surface area contributed by atoms with Crippen molar-refractivity contribution in [1.29, 1.82) is 0 Å². The van der Waals surface area contributed by atoms with Crippen LogP contribution in [0.3, 0.4) is 0 Å². The molecule has 1 aliphatic carbocycles. The summed E-state index contributed by atoms with van der Waals surface area (Å²) >= 11 is 1.98. The number of hydrogen-bond donors (Lipinski definition) is 2. The van der Waals surface area contributed by atoms with Crippen molar-refractivity contribution in [1.82, 2.24) is 15.2 Å². The maximum absolute atomic E-state index is 6.73. The molecule has 3 aliphatic rings. The molecule has 0 spiro atoms. The van der Waals surface area contributed by atoms with Gasteiger partial charge in [0.15, 0.2) is 0 Å². The number of aromatic nitrogens is 1. The highest BCUT2D eigenvalue weighted by molar-refractivity contribution is 8.00. The molecular weight excluding hydrogens is 717 g/mol. The standard InChI is InChI=1S/C51H36N4OS/c1-3-13-31(14-4-1)49-52-50(32-15-5-2-6-16-32)54-51(53-49)40-21-11-20-38-41-29-33(25-28-44(41)56-48(38)40)35-19-12-24-45-47(35)39-27-26-34(30-46(39)57-45)55-42-22-9-7-17-36(42)37-18-8-10-23-43(37)55/h1-30,39,46,49-50,52H,(H,53,54). The van der Waals surface area contributed by atoms with Gasteiger partial charge < -0.3 is 14.3 Å². The van der Waals surface area contributed by atoms with Gasteiger partial charge in [-0.1, -0.05) is 133 Å². The molecule has 0 radical (unpaired) electrons. The van der Waals surface area contributed by atoms with Crippen LogP contribution in [0.15, 0.2) is 196 Å². The van der Waals surface area contributed by atoms with Crippen LogP contribution in [0.2, 0.25) is 0 Å². The molecule has 2 N–H and O–H groups in total. The number of rotatable bonds is 5. The highest BCUT2D eigenvalue weighted by atomic mass is 32.2. The first-order valence-electron chi connectivity index (χ1n) is 19.6. The van der Waals surface area contributed by atoms with Crippen LogP contribution >= 0.6 is 11.8 Å². The monoisotopic (exact) mass is 752 g/mol. The Labute approximate surface area is 334 Å². The number of aliphatic imine (C=N–C) groups is 1. The number of nitrogens with one attached hydrogen (secondary N) is 2. The van der Waals surface area contributed by atoms with Crippen molar-refractivity contribution < 1.29 is 4.42 Å². The average Bonchev–Trinajstić information content (AvgIpc) is 3.96. The van der Waals surface area contributed by atoms with Gasteiger partial charge in [-0.3, -0.25) is 5.32 Å². The number of furan rings is 1. The predicted octanol–water partition coefficient (Wildman–Crippen LogP) is 12.4. The normalized spacial score (nSPS) is 20.1. The van der Waals surface area contributed by atoms with Crippen LogP contribution in [0.1, 0.15) is 40.5 Å². The van der Waals surface area contributed by atoms with Gasteiger partial charge in [0, 0.05) is 43.3 Å². The van der Waals surface area contributed by atoms with Crippen molar-refractivity contribution in [3.8, 4) is 11.1 Å². The molecule has 4 heterocycles. The van der Waals surface area contributed by atoms with Crippen LogP contribution in [0.25, 0.3) is 60.6 Å². The van der Waals surface area contributed by atoms with Crippen molar-refractivity contribution in [2.24, 2.45) is 4.99 Å². The number of fused-ring (bicyclic) bond motifs is 9. The molecule has 4 atom stereocenters. The van der Waals surface area contributed by atoms with Crippen LogP contribution in [-0.4, -0.2) is 15.7 Å². The largest absolute Gasteiger partial charge is 0.455 e. The summed E-state index contributed by atoms with van der Waals surface area (Å²) in [7, 11) is 0. The van der Waals surface area contributed by atoms with E-state index >= 15 is 0 Å². The Hall–Kier alpha value is -6.60. The summed E-state index contributed by atoms with van der Waals surface area (Å²) in [6.07, 6.45) is 6.90. The molecule has 272 valence electrons. The Bertz CT molecular complexity index is 3090. The highest BCUT2D eigenvalue weighted by Crippen LogP contribution is 2.53. The molecule has 0 saturated carbocycles. The highest BCUT2D eigenvalue weighted by Gasteiger charge is 2.35. The van der Waals surface area contributed by atoms with E-state index in [9.17, 15) is 0 Å². The van der Waals surface area contributed by atoms with E-state index < -0.39 is 0 Å². The molecule has 7 aromatic carbocycles. The van der Waals surface area contributed by atoms with Crippen molar-refractivity contribution in [2.75, 3.05) is 0 Å². The van der Waals surface area contributed by atoms with Gasteiger partial charge in [0.25, 0.3) is 0 Å². The second-order valence-corrected chi connectivity index (χ2v) is 16.3. The molecule has 4 unspecified atom stereocenters. The third-order valence-electron chi connectivity index (χ3n) is 11.8. The van der Waals surface area contributed by atoms with E-state index in [1.807, 2.05) is 23.9 Å². The van der Waals surface area contributed by atoms with E-state index in [0.29, 0.717) is 5.25 Å². The fourth-order valence-corrected chi connectivity index (χ4v) is 10.6. The summed E-state index contributed by atoms with van der Waals surface area (Å²) < 4.78 is 9.16. The molecule has 0 amide bonds. The maximum Gasteiger partial charge on any atom is 0.146 e. The number of para-hydroxylation sites is 3. The minimum absolute atomic E-state index is 0.126. The summed E-state index contributed by atoms with van der Waals surface area (Å²) in [6.45, 7) is 0. The maximum atomic E-state index is 6.73. The molecule has 0 bridgehead atoms. The molecule has 2 aromatic heterocycles. The van der Waals surface area contributed by atoms with E-state index in [0.717, 1.165) is 44.5 Å². The predicted molar refractivity (Wildman–Crippen MR) is 236 cm³/mol. The second kappa shape index (κ2) is 13.0. The van der Waals surface area contributed by atoms with Gasteiger partial charge in [-0.2, -0.15) is 0 Å². The Morgan fingerprint density at radius 2 is 1.30 bits per heavy atom. The number of benzene rings is 7. The summed E-state index contributed by atoms with van der Waals surface area (Å²) in [5, 5.41) is 12.5. The first-order valence-corrected chi connectivity index (χ1v) is 20.5. The fraction of sp³-hybridized carbons (Fsp3) is 0.0784. The third-order valence-corrected chi connectivity index (χ3v) is 13.2. The van der Waals surface area contributed by atoms with Crippen LogP contribution in [0, 0.1) is 0 Å². The zero-order valence-electron chi connectivity index (χ0n) is 30.8. The van der Waals surface area contributed by atoms with Gasteiger partial charge in [-0.15, -0.1) is 11.8 Å². The van der Waals surface area contributed by atoms with Gasteiger partial charge in [0.05, 0.1) is 16.6 Å². The van der Waals surface area contributed by atoms with Gasteiger partial charge in [-0.25, -0.2) is 4.99 Å². The Morgan fingerprint density at radius 1 is 0.614 bits per heavy atom. The third kappa shape index (κ3) is 5.25. The van der Waals surface area contributed by atoms with Crippen LogP contribution in [0.4, 0.5) is 0 Å². The summed E-state index contributed by atoms with van der Waals surface area (Å²) in [5.74, 6) is 1.09. The van der Waals surface area contributed by atoms with E-state index in [1.165, 1.54) is 49.1 Å². The quantitative estimate of drug-likeness (QED) is 0.184. The number of amidine groups is 1. The summed E-state index contributed by atoms with van der Waals surface area (Å²) in [6, 6.07) is 58.3. The van der Waals surface area contributed by atoms with E-state index in [-0.39, 0.29) is 18.2 Å². The minimum Gasteiger partial charge on any atom is -0.455 e. The van der Waals surface area contributed by atoms with Crippen LogP contribution in [0.5, 0.6) is 0 Å². The van der Waals surface area contributed by atoms with Gasteiger partial charge in [0.2, 0.25) is 0 Å². The zero-order valence-corrected chi connectivity index (χ0v) is 31.7. The van der Waals surface area contributed by atoms with E-state index in [2.05, 4.69) is 185 Å². The number of thioether (sulfide) groups is 1. The lowest BCUT2D eigenvalue weighted by atomic mass is 9.86. The molecule has 12 rings (SSSR count). The molecule has 0 saturated heterocycles. The lowest BCUT2D eigenvalue weighted by Gasteiger charge is -2.32. The Kier molecular flexibility index (Phi) is 7.43. The first kappa shape index (κ1) is 32.6. The van der Waals surface area contributed by atoms with Crippen molar-refractivity contribution in [3.05, 3.63) is 204 Å². The molecule has 6 heteroatoms. The molecule has 5 nitrogen and oxygen atoms in total. The SMILES string of the molecule is C1=CC2c3c(cccc3-c3ccc4oc5c(C6=NC(c7ccccc7)NC(c7ccccc7)N6)cccc5c4c3)SC2C=C1n1c2ccccc2c2ccccc21. The summed E-state index contributed by atoms with van der Waals surface area (Å²) in [5.41, 5.74) is 12.5. The number of hydrogen-bond acceptors (Lipinski definition) is 5. The van der Waals surface area contributed by atoms with Crippen LogP contribution in [-0.2, 0) is 0 Å². The lowest BCUT2D eigenvalue weighted by Crippen LogP contribution is -2.45. The van der Waals surface area contributed by atoms with Gasteiger partial charge in [0.1, 0.15) is 29.3 Å². The Morgan fingerprint density at radius 3 is 2.09 bits per heavy atom. The van der Waals surface area contributed by atoms with Gasteiger partial charge >= 0.3 is 0 Å². The van der Waals surface area contributed by atoms with Crippen molar-refractivity contribution in [3.63, 3.8) is 0 Å². The van der Waals surface area contributed by atoms with Crippen molar-refractivity contribution >= 4 is 67.0 Å². The smallest absolute Gasteiger partial charge is 0.146 e. The molecule has 9 aromatic rings. The fourth-order valence-electron chi connectivity index (χ4n) is 9.22. The Balaban J connectivity index is 0.921. The minimum atomic E-state index is -0.220. The number of nitrogens with zero attached hydrogens (tertiary/aromatic N) is 2. The topological polar surface area (TPSA) is 54.5 Å². The van der Waals surface area contributed by atoms with Crippen LogP contribution < -0.4 is 10.6 Å². The lowest BCUT2D eigenvalue weighted by molar-refractivity contribution is 0.409. The van der Waals surface area contributed by atoms with Crippen molar-refractivity contribution in [2.45, 2.75) is 28.4 Å². The summed E-state index contributed by atoms with van der Waals surface area (Å²) in [4.78, 5) is 6.58. The van der Waals surface area contributed by atoms with E-state index in [4.69, 9.17) is 9.41 Å².